The van der Waals surface area contributed by atoms with Crippen molar-refractivity contribution in [2.24, 2.45) is 5.73 Å². The first-order valence-electron chi connectivity index (χ1n) is 9.45. The lowest BCUT2D eigenvalue weighted by atomic mass is 9.95. The van der Waals surface area contributed by atoms with Crippen LogP contribution in [-0.4, -0.2) is 19.7 Å². The predicted molar refractivity (Wildman–Crippen MR) is 113 cm³/mol. The standard InChI is InChI=1S/C21H28N2O.C2H6/c1-4-17(20-11-7-5-9-16(20)2)13-19(22)15-23-14-18-10-6-8-12-21(18)24-3;1-2/h4-12,19,23H,13-15,22H2,1-3H3;1-2H3/b17-4-;/t19-;/m1./s1. The number of benzene rings is 2. The van der Waals surface area contributed by atoms with Gasteiger partial charge in [0.1, 0.15) is 5.75 Å². The normalized spacial score (nSPS) is 12.2. The van der Waals surface area contributed by atoms with E-state index in [4.69, 9.17) is 10.5 Å². The minimum absolute atomic E-state index is 0.0745. The van der Waals surface area contributed by atoms with Crippen molar-refractivity contribution in [1.82, 2.24) is 5.32 Å². The van der Waals surface area contributed by atoms with Crippen molar-refractivity contribution < 1.29 is 4.74 Å². The van der Waals surface area contributed by atoms with Crippen LogP contribution in [0, 0.1) is 6.92 Å². The Bertz CT molecular complexity index is 679. The van der Waals surface area contributed by atoms with Crippen LogP contribution < -0.4 is 15.8 Å². The minimum atomic E-state index is 0.0745. The zero-order chi connectivity index (χ0) is 19.4. The molecule has 3 heteroatoms. The maximum atomic E-state index is 6.34. The van der Waals surface area contributed by atoms with Crippen LogP contribution in [-0.2, 0) is 6.54 Å². The second-order valence-corrected chi connectivity index (χ2v) is 6.04. The Balaban J connectivity index is 0.00000163. The lowest BCUT2D eigenvalue weighted by molar-refractivity contribution is 0.407. The van der Waals surface area contributed by atoms with Gasteiger partial charge in [0.2, 0.25) is 0 Å². The third-order valence-electron chi connectivity index (χ3n) is 4.24. The molecule has 0 aliphatic heterocycles. The van der Waals surface area contributed by atoms with Crippen LogP contribution in [0.15, 0.2) is 54.6 Å². The van der Waals surface area contributed by atoms with Crippen molar-refractivity contribution in [3.8, 4) is 5.75 Å². The highest BCUT2D eigenvalue weighted by atomic mass is 16.5. The van der Waals surface area contributed by atoms with Gasteiger partial charge in [-0.3, -0.25) is 0 Å². The van der Waals surface area contributed by atoms with Gasteiger partial charge in [-0.05, 0) is 43.0 Å². The molecule has 0 bridgehead atoms. The molecule has 0 amide bonds. The Kier molecular flexibility index (Phi) is 10.4. The van der Waals surface area contributed by atoms with Crippen LogP contribution in [0.2, 0.25) is 0 Å². The summed E-state index contributed by atoms with van der Waals surface area (Å²) in [5, 5.41) is 3.44. The summed E-state index contributed by atoms with van der Waals surface area (Å²) in [5.74, 6) is 0.910. The van der Waals surface area contributed by atoms with E-state index in [1.54, 1.807) is 7.11 Å². The van der Waals surface area contributed by atoms with Crippen LogP contribution >= 0.6 is 0 Å². The zero-order valence-corrected chi connectivity index (χ0v) is 16.9. The number of aryl methyl sites for hydroxylation is 1. The number of rotatable bonds is 8. The number of allylic oxidation sites excluding steroid dienone is 1. The third kappa shape index (κ3) is 6.66. The highest BCUT2D eigenvalue weighted by Gasteiger charge is 2.10. The molecule has 0 saturated heterocycles. The molecule has 3 N–H and O–H groups in total. The fourth-order valence-electron chi connectivity index (χ4n) is 2.91. The summed E-state index contributed by atoms with van der Waals surface area (Å²) in [7, 11) is 1.70. The molecule has 0 unspecified atom stereocenters. The number of hydrogen-bond acceptors (Lipinski definition) is 3. The number of ether oxygens (including phenoxy) is 1. The van der Waals surface area contributed by atoms with Gasteiger partial charge in [0.25, 0.3) is 0 Å². The Labute approximate surface area is 159 Å². The molecular formula is C23H34N2O. The van der Waals surface area contributed by atoms with Gasteiger partial charge in [0.15, 0.2) is 0 Å². The first-order chi connectivity index (χ1) is 12.7. The van der Waals surface area contributed by atoms with Gasteiger partial charge >= 0.3 is 0 Å². The molecule has 3 nitrogen and oxygen atoms in total. The van der Waals surface area contributed by atoms with Crippen molar-refractivity contribution in [1.29, 1.82) is 0 Å². The molecule has 2 rings (SSSR count). The quantitative estimate of drug-likeness (QED) is 0.706. The van der Waals surface area contributed by atoms with E-state index in [9.17, 15) is 0 Å². The van der Waals surface area contributed by atoms with Crippen LogP contribution in [0.5, 0.6) is 5.75 Å². The summed E-state index contributed by atoms with van der Waals surface area (Å²) >= 11 is 0. The molecule has 2 aromatic rings. The van der Waals surface area contributed by atoms with E-state index in [2.05, 4.69) is 55.6 Å². The fourth-order valence-corrected chi connectivity index (χ4v) is 2.91. The van der Waals surface area contributed by atoms with Gasteiger partial charge in [-0.2, -0.15) is 0 Å². The van der Waals surface area contributed by atoms with Crippen molar-refractivity contribution >= 4 is 5.57 Å². The molecule has 0 heterocycles. The van der Waals surface area contributed by atoms with E-state index in [1.165, 1.54) is 16.7 Å². The molecule has 26 heavy (non-hydrogen) atoms. The van der Waals surface area contributed by atoms with Crippen LogP contribution in [0.4, 0.5) is 0 Å². The fraction of sp³-hybridized carbons (Fsp3) is 0.391. The van der Waals surface area contributed by atoms with E-state index in [1.807, 2.05) is 32.0 Å². The van der Waals surface area contributed by atoms with Crippen LogP contribution in [0.25, 0.3) is 5.57 Å². The third-order valence-corrected chi connectivity index (χ3v) is 4.24. The molecule has 0 radical (unpaired) electrons. The predicted octanol–water partition coefficient (Wildman–Crippen LogP) is 4.94. The minimum Gasteiger partial charge on any atom is -0.496 e. The maximum Gasteiger partial charge on any atom is 0.123 e. The first kappa shape index (κ1) is 21.9. The molecule has 1 atom stereocenters. The van der Waals surface area contributed by atoms with Crippen molar-refractivity contribution in [2.45, 2.75) is 46.7 Å². The van der Waals surface area contributed by atoms with E-state index in [0.717, 1.165) is 30.8 Å². The molecule has 0 aromatic heterocycles. The lowest BCUT2D eigenvalue weighted by Gasteiger charge is -2.17. The maximum absolute atomic E-state index is 6.34. The topological polar surface area (TPSA) is 47.3 Å². The second-order valence-electron chi connectivity index (χ2n) is 6.04. The van der Waals surface area contributed by atoms with E-state index < -0.39 is 0 Å². The van der Waals surface area contributed by atoms with Crippen LogP contribution in [0.3, 0.4) is 0 Å². The Morgan fingerprint density at radius 3 is 2.42 bits per heavy atom. The highest BCUT2D eigenvalue weighted by Crippen LogP contribution is 2.22. The molecule has 0 fully saturated rings. The summed E-state index contributed by atoms with van der Waals surface area (Å²) < 4.78 is 5.38. The van der Waals surface area contributed by atoms with Gasteiger partial charge in [-0.15, -0.1) is 0 Å². The number of methoxy groups -OCH3 is 1. The van der Waals surface area contributed by atoms with E-state index in [0.29, 0.717) is 0 Å². The second kappa shape index (κ2) is 12.3. The lowest BCUT2D eigenvalue weighted by Crippen LogP contribution is -2.33. The summed E-state index contributed by atoms with van der Waals surface area (Å²) in [5.41, 5.74) is 11.4. The Hall–Kier alpha value is -2.10. The van der Waals surface area contributed by atoms with Crippen molar-refractivity contribution in [3.05, 3.63) is 71.3 Å². The van der Waals surface area contributed by atoms with Gasteiger partial charge in [-0.25, -0.2) is 0 Å². The molecule has 142 valence electrons. The first-order valence-corrected chi connectivity index (χ1v) is 9.45. The number of hydrogen-bond donors (Lipinski definition) is 2. The molecule has 0 spiro atoms. The monoisotopic (exact) mass is 354 g/mol. The summed E-state index contributed by atoms with van der Waals surface area (Å²) in [6, 6.07) is 16.6. The van der Waals surface area contributed by atoms with Gasteiger partial charge in [0, 0.05) is 24.7 Å². The Morgan fingerprint density at radius 1 is 1.12 bits per heavy atom. The summed E-state index contributed by atoms with van der Waals surface area (Å²) in [6.45, 7) is 9.75. The molecule has 0 aliphatic rings. The molecule has 2 aromatic carbocycles. The smallest absolute Gasteiger partial charge is 0.123 e. The molecule has 0 aliphatic carbocycles. The van der Waals surface area contributed by atoms with Crippen molar-refractivity contribution in [3.63, 3.8) is 0 Å². The van der Waals surface area contributed by atoms with Gasteiger partial charge in [0.05, 0.1) is 7.11 Å². The number of para-hydroxylation sites is 1. The van der Waals surface area contributed by atoms with Crippen molar-refractivity contribution in [2.75, 3.05) is 13.7 Å². The van der Waals surface area contributed by atoms with E-state index in [-0.39, 0.29) is 6.04 Å². The van der Waals surface area contributed by atoms with E-state index >= 15 is 0 Å². The average Bonchev–Trinajstić information content (AvgIpc) is 2.68. The van der Waals surface area contributed by atoms with Crippen LogP contribution in [0.1, 0.15) is 43.9 Å². The van der Waals surface area contributed by atoms with Gasteiger partial charge in [-0.1, -0.05) is 62.4 Å². The summed E-state index contributed by atoms with van der Waals surface area (Å²) in [4.78, 5) is 0. The summed E-state index contributed by atoms with van der Waals surface area (Å²) in [6.07, 6.45) is 3.03. The molecule has 0 saturated carbocycles. The largest absolute Gasteiger partial charge is 0.496 e. The Morgan fingerprint density at radius 2 is 1.77 bits per heavy atom. The SMILES string of the molecule is C/C=C(/C[C@@H](N)CNCc1ccccc1OC)c1ccccc1C.CC. The van der Waals surface area contributed by atoms with Gasteiger partial charge < -0.3 is 15.8 Å². The number of nitrogens with two attached hydrogens (primary N) is 1. The number of nitrogens with one attached hydrogen (secondary N) is 1. The average molecular weight is 355 g/mol. The highest BCUT2D eigenvalue weighted by molar-refractivity contribution is 5.68. The molecular weight excluding hydrogens is 320 g/mol. The zero-order valence-electron chi connectivity index (χ0n) is 16.9.